The van der Waals surface area contributed by atoms with Crippen molar-refractivity contribution in [2.45, 2.75) is 25.4 Å². The average Bonchev–Trinajstić information content (AvgIpc) is 3.27. The van der Waals surface area contributed by atoms with E-state index < -0.39 is 0 Å². The van der Waals surface area contributed by atoms with E-state index in [1.807, 2.05) is 22.1 Å². The first-order chi connectivity index (χ1) is 12.1. The fourth-order valence-electron chi connectivity index (χ4n) is 2.34. The highest BCUT2D eigenvalue weighted by molar-refractivity contribution is 7.99. The van der Waals surface area contributed by atoms with Gasteiger partial charge in [0.1, 0.15) is 6.33 Å². The van der Waals surface area contributed by atoms with Crippen molar-refractivity contribution in [1.29, 1.82) is 0 Å². The van der Waals surface area contributed by atoms with Crippen molar-refractivity contribution in [3.63, 3.8) is 0 Å². The maximum absolute atomic E-state index is 12.0. The first-order valence-electron chi connectivity index (χ1n) is 8.03. The Kier molecular flexibility index (Phi) is 5.88. The zero-order chi connectivity index (χ0) is 17.6. The predicted molar refractivity (Wildman–Crippen MR) is 103 cm³/mol. The van der Waals surface area contributed by atoms with Crippen LogP contribution in [-0.4, -0.2) is 33.0 Å². The molecule has 3 rings (SSSR count). The minimum atomic E-state index is 0.0104. The molecule has 0 saturated carbocycles. The molecular weight excluding hydrogens is 352 g/mol. The molecule has 1 N–H and O–H groups in total. The quantitative estimate of drug-likeness (QED) is 0.646. The van der Waals surface area contributed by atoms with E-state index in [1.54, 1.807) is 17.7 Å². The summed E-state index contributed by atoms with van der Waals surface area (Å²) in [4.78, 5) is 13.3. The molecule has 2 aromatic heterocycles. The van der Waals surface area contributed by atoms with Crippen LogP contribution in [0.2, 0.25) is 0 Å². The molecule has 5 nitrogen and oxygen atoms in total. The number of carbonyl (C=O) groups excluding carboxylic acids is 1. The number of hydrogen-bond donors (Lipinski definition) is 1. The molecule has 130 valence electrons. The standard InChI is InChI=1S/C18H20N4OS2/c1-13-5-6-15(10-14(13)2)22-12-20-21-18(22)25-11-17(23)19-8-7-16-4-3-9-24-16/h3-6,9-10,12H,7-8,11H2,1-2H3,(H,19,23). The van der Waals surface area contributed by atoms with Gasteiger partial charge in [0.15, 0.2) is 5.16 Å². The first-order valence-corrected chi connectivity index (χ1v) is 9.89. The normalized spacial score (nSPS) is 10.8. The fraction of sp³-hybridized carbons (Fsp3) is 0.278. The second-order valence-electron chi connectivity index (χ2n) is 5.72. The Morgan fingerprint density at radius 3 is 2.92 bits per heavy atom. The van der Waals surface area contributed by atoms with Gasteiger partial charge in [0.05, 0.1) is 5.75 Å². The first kappa shape index (κ1) is 17.7. The van der Waals surface area contributed by atoms with E-state index in [0.29, 0.717) is 12.3 Å². The number of carbonyl (C=O) groups is 1. The summed E-state index contributed by atoms with van der Waals surface area (Å²) in [6.07, 6.45) is 2.55. The van der Waals surface area contributed by atoms with Crippen LogP contribution in [0.15, 0.2) is 47.2 Å². The lowest BCUT2D eigenvalue weighted by atomic mass is 10.1. The number of amides is 1. The summed E-state index contributed by atoms with van der Waals surface area (Å²) >= 11 is 3.10. The molecule has 0 fully saturated rings. The molecule has 0 aliphatic carbocycles. The number of benzene rings is 1. The molecule has 1 aromatic carbocycles. The molecule has 1 amide bonds. The van der Waals surface area contributed by atoms with Gasteiger partial charge < -0.3 is 5.32 Å². The summed E-state index contributed by atoms with van der Waals surface area (Å²) in [5, 5.41) is 13.8. The highest BCUT2D eigenvalue weighted by atomic mass is 32.2. The van der Waals surface area contributed by atoms with E-state index in [2.05, 4.69) is 47.6 Å². The largest absolute Gasteiger partial charge is 0.355 e. The second kappa shape index (κ2) is 8.31. The maximum Gasteiger partial charge on any atom is 0.230 e. The monoisotopic (exact) mass is 372 g/mol. The summed E-state index contributed by atoms with van der Waals surface area (Å²) in [5.74, 6) is 0.338. The molecule has 0 bridgehead atoms. The van der Waals surface area contributed by atoms with E-state index in [1.165, 1.54) is 27.8 Å². The molecule has 0 aliphatic rings. The van der Waals surface area contributed by atoms with Gasteiger partial charge in [0.25, 0.3) is 0 Å². The third-order valence-electron chi connectivity index (χ3n) is 3.89. The van der Waals surface area contributed by atoms with Crippen LogP contribution in [-0.2, 0) is 11.2 Å². The Labute approximate surface area is 155 Å². The highest BCUT2D eigenvalue weighted by Gasteiger charge is 2.10. The van der Waals surface area contributed by atoms with E-state index >= 15 is 0 Å². The Morgan fingerprint density at radius 2 is 2.16 bits per heavy atom. The van der Waals surface area contributed by atoms with Crippen molar-refractivity contribution in [2.75, 3.05) is 12.3 Å². The van der Waals surface area contributed by atoms with Gasteiger partial charge >= 0.3 is 0 Å². The zero-order valence-electron chi connectivity index (χ0n) is 14.2. The van der Waals surface area contributed by atoms with Crippen molar-refractivity contribution < 1.29 is 4.79 Å². The molecule has 0 aliphatic heterocycles. The van der Waals surface area contributed by atoms with Crippen LogP contribution in [0.4, 0.5) is 0 Å². The van der Waals surface area contributed by atoms with E-state index in [9.17, 15) is 4.79 Å². The number of thioether (sulfide) groups is 1. The third-order valence-corrected chi connectivity index (χ3v) is 5.77. The Morgan fingerprint density at radius 1 is 1.28 bits per heavy atom. The minimum Gasteiger partial charge on any atom is -0.355 e. The van der Waals surface area contributed by atoms with Gasteiger partial charge in [-0.1, -0.05) is 23.9 Å². The van der Waals surface area contributed by atoms with Gasteiger partial charge in [0.2, 0.25) is 5.91 Å². The summed E-state index contributed by atoms with van der Waals surface area (Å²) in [6, 6.07) is 10.3. The summed E-state index contributed by atoms with van der Waals surface area (Å²) in [7, 11) is 0. The fourth-order valence-corrected chi connectivity index (χ4v) is 3.80. The predicted octanol–water partition coefficient (Wildman–Crippen LogP) is 3.40. The molecule has 25 heavy (non-hydrogen) atoms. The molecular formula is C18H20N4OS2. The van der Waals surface area contributed by atoms with Crippen molar-refractivity contribution in [3.8, 4) is 5.69 Å². The Hall–Kier alpha value is -2.12. The third kappa shape index (κ3) is 4.70. The van der Waals surface area contributed by atoms with E-state index in [0.717, 1.165) is 17.3 Å². The van der Waals surface area contributed by atoms with Gasteiger partial charge in [-0.3, -0.25) is 9.36 Å². The summed E-state index contributed by atoms with van der Waals surface area (Å²) in [6.45, 7) is 4.82. The van der Waals surface area contributed by atoms with Gasteiger partial charge in [-0.15, -0.1) is 21.5 Å². The number of aryl methyl sites for hydroxylation is 2. The van der Waals surface area contributed by atoms with E-state index in [4.69, 9.17) is 0 Å². The minimum absolute atomic E-state index is 0.0104. The van der Waals surface area contributed by atoms with Crippen molar-refractivity contribution in [3.05, 3.63) is 58.0 Å². The van der Waals surface area contributed by atoms with Crippen LogP contribution < -0.4 is 5.32 Å². The lowest BCUT2D eigenvalue weighted by Crippen LogP contribution is -2.27. The summed E-state index contributed by atoms with van der Waals surface area (Å²) in [5.41, 5.74) is 3.47. The molecule has 0 spiro atoms. The van der Waals surface area contributed by atoms with Crippen LogP contribution in [0, 0.1) is 13.8 Å². The van der Waals surface area contributed by atoms with Gasteiger partial charge in [-0.2, -0.15) is 0 Å². The molecule has 7 heteroatoms. The molecule has 2 heterocycles. The molecule has 0 saturated heterocycles. The summed E-state index contributed by atoms with van der Waals surface area (Å²) < 4.78 is 1.91. The molecule has 0 radical (unpaired) electrons. The molecule has 0 atom stereocenters. The van der Waals surface area contributed by atoms with Crippen molar-refractivity contribution in [2.24, 2.45) is 0 Å². The van der Waals surface area contributed by atoms with Crippen molar-refractivity contribution in [1.82, 2.24) is 20.1 Å². The molecule has 3 aromatic rings. The second-order valence-corrected chi connectivity index (χ2v) is 7.69. The number of nitrogens with one attached hydrogen (secondary N) is 1. The highest BCUT2D eigenvalue weighted by Crippen LogP contribution is 2.21. The molecule has 0 unspecified atom stereocenters. The Balaban J connectivity index is 1.54. The topological polar surface area (TPSA) is 59.8 Å². The van der Waals surface area contributed by atoms with Crippen LogP contribution in [0.1, 0.15) is 16.0 Å². The van der Waals surface area contributed by atoms with Crippen LogP contribution in [0.3, 0.4) is 0 Å². The SMILES string of the molecule is Cc1ccc(-n2cnnc2SCC(=O)NCCc2cccs2)cc1C. The number of aromatic nitrogens is 3. The lowest BCUT2D eigenvalue weighted by Gasteiger charge is -2.09. The van der Waals surface area contributed by atoms with Gasteiger partial charge in [-0.05, 0) is 55.0 Å². The smallest absolute Gasteiger partial charge is 0.230 e. The van der Waals surface area contributed by atoms with Gasteiger partial charge in [-0.25, -0.2) is 0 Å². The Bertz CT molecular complexity index is 843. The maximum atomic E-state index is 12.0. The average molecular weight is 373 g/mol. The van der Waals surface area contributed by atoms with Gasteiger partial charge in [0, 0.05) is 17.1 Å². The van der Waals surface area contributed by atoms with Crippen molar-refractivity contribution >= 4 is 29.0 Å². The van der Waals surface area contributed by atoms with Crippen LogP contribution in [0.5, 0.6) is 0 Å². The van der Waals surface area contributed by atoms with Crippen LogP contribution >= 0.6 is 23.1 Å². The zero-order valence-corrected chi connectivity index (χ0v) is 15.9. The lowest BCUT2D eigenvalue weighted by molar-refractivity contribution is -0.118. The van der Waals surface area contributed by atoms with Crippen LogP contribution in [0.25, 0.3) is 5.69 Å². The number of hydrogen-bond acceptors (Lipinski definition) is 5. The number of thiophene rings is 1. The number of nitrogens with zero attached hydrogens (tertiary/aromatic N) is 3. The van der Waals surface area contributed by atoms with E-state index in [-0.39, 0.29) is 5.91 Å². The number of rotatable bonds is 7.